The highest BCUT2D eigenvalue weighted by Crippen LogP contribution is 2.26. The van der Waals surface area contributed by atoms with Gasteiger partial charge in [0.25, 0.3) is 0 Å². The lowest BCUT2D eigenvalue weighted by Gasteiger charge is -2.24. The van der Waals surface area contributed by atoms with Crippen LogP contribution in [0.15, 0.2) is 36.4 Å². The van der Waals surface area contributed by atoms with Crippen molar-refractivity contribution in [3.8, 4) is 0 Å². The predicted octanol–water partition coefficient (Wildman–Crippen LogP) is 4.52. The van der Waals surface area contributed by atoms with Gasteiger partial charge in [-0.3, -0.25) is 9.59 Å². The van der Waals surface area contributed by atoms with Crippen molar-refractivity contribution < 1.29 is 9.59 Å². The monoisotopic (exact) mass is 338 g/mol. The van der Waals surface area contributed by atoms with E-state index in [4.69, 9.17) is 0 Å². The smallest absolute Gasteiger partial charge is 0.239 e. The Balaban J connectivity index is 2.20. The summed E-state index contributed by atoms with van der Waals surface area (Å²) in [5.41, 5.74) is 4.25. The van der Waals surface area contributed by atoms with E-state index in [-0.39, 0.29) is 11.8 Å². The van der Waals surface area contributed by atoms with Gasteiger partial charge in [-0.15, -0.1) is 0 Å². The second kappa shape index (κ2) is 7.09. The second-order valence-corrected chi connectivity index (χ2v) is 7.12. The summed E-state index contributed by atoms with van der Waals surface area (Å²) in [6, 6.07) is 11.7. The van der Waals surface area contributed by atoms with E-state index in [1.54, 1.807) is 13.8 Å². The first-order valence-electron chi connectivity index (χ1n) is 8.39. The van der Waals surface area contributed by atoms with E-state index < -0.39 is 5.41 Å². The van der Waals surface area contributed by atoms with Crippen molar-refractivity contribution in [3.63, 3.8) is 0 Å². The molecule has 0 atom stereocenters. The molecule has 0 aliphatic rings. The molecule has 0 aliphatic carbocycles. The summed E-state index contributed by atoms with van der Waals surface area (Å²) >= 11 is 0. The minimum Gasteiger partial charge on any atom is -0.325 e. The van der Waals surface area contributed by atoms with Gasteiger partial charge in [-0.2, -0.15) is 0 Å². The summed E-state index contributed by atoms with van der Waals surface area (Å²) in [4.78, 5) is 25.5. The largest absolute Gasteiger partial charge is 0.325 e. The number of hydrogen-bond donors (Lipinski definition) is 2. The topological polar surface area (TPSA) is 58.2 Å². The first-order valence-corrected chi connectivity index (χ1v) is 8.39. The van der Waals surface area contributed by atoms with Crippen LogP contribution in [0.4, 0.5) is 11.4 Å². The number of hydrogen-bond acceptors (Lipinski definition) is 2. The van der Waals surface area contributed by atoms with E-state index in [0.717, 1.165) is 33.6 Å². The molecule has 0 aromatic heterocycles. The molecule has 0 radical (unpaired) electrons. The Hall–Kier alpha value is -2.62. The van der Waals surface area contributed by atoms with Crippen molar-refractivity contribution in [1.82, 2.24) is 0 Å². The average molecular weight is 338 g/mol. The number of aryl methyl sites for hydroxylation is 4. The van der Waals surface area contributed by atoms with Gasteiger partial charge in [-0.05, 0) is 69.9 Å². The van der Waals surface area contributed by atoms with Gasteiger partial charge in [-0.1, -0.05) is 30.3 Å². The maximum Gasteiger partial charge on any atom is 0.239 e. The Bertz CT molecular complexity index is 802. The molecule has 0 aliphatic heterocycles. The normalized spacial score (nSPS) is 11.1. The summed E-state index contributed by atoms with van der Waals surface area (Å²) in [7, 11) is 0. The molecular formula is C21H26N2O2. The number of carbonyl (C=O) groups is 2. The van der Waals surface area contributed by atoms with Gasteiger partial charge in [0.15, 0.2) is 0 Å². The van der Waals surface area contributed by atoms with Crippen LogP contribution in [0.1, 0.15) is 36.1 Å². The van der Waals surface area contributed by atoms with Crippen LogP contribution in [0.5, 0.6) is 0 Å². The SMILES string of the molecule is Cc1ccc(C)c(NC(=O)C(C)(C)C(=O)Nc2c(C)cccc2C)c1. The molecule has 2 aromatic carbocycles. The highest BCUT2D eigenvalue weighted by Gasteiger charge is 2.36. The quantitative estimate of drug-likeness (QED) is 0.805. The zero-order chi connectivity index (χ0) is 18.8. The molecule has 2 amide bonds. The van der Waals surface area contributed by atoms with Crippen LogP contribution < -0.4 is 10.6 Å². The second-order valence-electron chi connectivity index (χ2n) is 7.12. The lowest BCUT2D eigenvalue weighted by Crippen LogP contribution is -2.42. The van der Waals surface area contributed by atoms with Gasteiger partial charge in [0, 0.05) is 11.4 Å². The van der Waals surface area contributed by atoms with Crippen molar-refractivity contribution >= 4 is 23.2 Å². The molecule has 0 unspecified atom stereocenters. The predicted molar refractivity (Wildman–Crippen MR) is 103 cm³/mol. The average Bonchev–Trinajstić information content (AvgIpc) is 2.54. The molecule has 132 valence electrons. The maximum absolute atomic E-state index is 12.8. The number of nitrogens with one attached hydrogen (secondary N) is 2. The molecule has 2 aromatic rings. The summed E-state index contributed by atoms with van der Waals surface area (Å²) in [6.07, 6.45) is 0. The zero-order valence-corrected chi connectivity index (χ0v) is 15.8. The highest BCUT2D eigenvalue weighted by molar-refractivity contribution is 6.14. The number of amides is 2. The molecule has 0 heterocycles. The van der Waals surface area contributed by atoms with Crippen molar-refractivity contribution in [2.75, 3.05) is 10.6 Å². The first kappa shape index (κ1) is 18.7. The molecule has 25 heavy (non-hydrogen) atoms. The number of carbonyl (C=O) groups excluding carboxylic acids is 2. The van der Waals surface area contributed by atoms with Crippen molar-refractivity contribution in [3.05, 3.63) is 58.7 Å². The van der Waals surface area contributed by atoms with E-state index in [0.29, 0.717) is 0 Å². The van der Waals surface area contributed by atoms with Crippen LogP contribution in [-0.4, -0.2) is 11.8 Å². The van der Waals surface area contributed by atoms with Crippen LogP contribution in [-0.2, 0) is 9.59 Å². The van der Waals surface area contributed by atoms with Crippen molar-refractivity contribution in [2.24, 2.45) is 5.41 Å². The van der Waals surface area contributed by atoms with Gasteiger partial charge in [0.05, 0.1) is 0 Å². The molecule has 0 saturated heterocycles. The van der Waals surface area contributed by atoms with Crippen molar-refractivity contribution in [2.45, 2.75) is 41.5 Å². The molecular weight excluding hydrogens is 312 g/mol. The van der Waals surface area contributed by atoms with Gasteiger partial charge in [0.2, 0.25) is 11.8 Å². The number of rotatable bonds is 4. The Kier molecular flexibility index (Phi) is 5.31. The summed E-state index contributed by atoms with van der Waals surface area (Å²) in [6.45, 7) is 11.0. The van der Waals surface area contributed by atoms with E-state index >= 15 is 0 Å². The lowest BCUT2D eigenvalue weighted by atomic mass is 9.90. The molecule has 0 spiro atoms. The van der Waals surface area contributed by atoms with E-state index in [1.165, 1.54) is 0 Å². The standard InChI is InChI=1S/C21H26N2O2/c1-13-10-11-14(2)17(12-13)22-19(24)21(5,6)20(25)23-18-15(3)8-7-9-16(18)4/h7-12H,1-6H3,(H,22,24)(H,23,25). The fourth-order valence-electron chi connectivity index (χ4n) is 2.53. The molecule has 2 rings (SSSR count). The molecule has 4 heteroatoms. The maximum atomic E-state index is 12.8. The number of para-hydroxylation sites is 1. The minimum atomic E-state index is -1.20. The van der Waals surface area contributed by atoms with Gasteiger partial charge < -0.3 is 10.6 Å². The molecule has 0 fully saturated rings. The van der Waals surface area contributed by atoms with Crippen LogP contribution in [0.25, 0.3) is 0 Å². The summed E-state index contributed by atoms with van der Waals surface area (Å²) < 4.78 is 0. The van der Waals surface area contributed by atoms with Gasteiger partial charge in [-0.25, -0.2) is 0 Å². The van der Waals surface area contributed by atoms with Crippen LogP contribution in [0.3, 0.4) is 0 Å². The van der Waals surface area contributed by atoms with Crippen LogP contribution >= 0.6 is 0 Å². The molecule has 0 saturated carbocycles. The Morgan fingerprint density at radius 3 is 1.96 bits per heavy atom. The van der Waals surface area contributed by atoms with E-state index in [9.17, 15) is 9.59 Å². The summed E-state index contributed by atoms with van der Waals surface area (Å²) in [5, 5.41) is 5.80. The summed E-state index contributed by atoms with van der Waals surface area (Å²) in [5.74, 6) is -0.655. The fourth-order valence-corrected chi connectivity index (χ4v) is 2.53. The molecule has 0 bridgehead atoms. The Morgan fingerprint density at radius 2 is 1.36 bits per heavy atom. The first-order chi connectivity index (χ1) is 11.6. The Morgan fingerprint density at radius 1 is 0.800 bits per heavy atom. The fraction of sp³-hybridized carbons (Fsp3) is 0.333. The van der Waals surface area contributed by atoms with Gasteiger partial charge in [0.1, 0.15) is 5.41 Å². The van der Waals surface area contributed by atoms with Crippen molar-refractivity contribution in [1.29, 1.82) is 0 Å². The third-order valence-electron chi connectivity index (χ3n) is 4.50. The van der Waals surface area contributed by atoms with Crippen LogP contribution in [0.2, 0.25) is 0 Å². The van der Waals surface area contributed by atoms with Crippen LogP contribution in [0, 0.1) is 33.1 Å². The number of anilines is 2. The van der Waals surface area contributed by atoms with Gasteiger partial charge >= 0.3 is 0 Å². The van der Waals surface area contributed by atoms with E-state index in [1.807, 2.05) is 64.1 Å². The zero-order valence-electron chi connectivity index (χ0n) is 15.8. The minimum absolute atomic E-state index is 0.326. The third kappa shape index (κ3) is 4.08. The Labute approximate surface area is 149 Å². The molecule has 4 nitrogen and oxygen atoms in total. The lowest BCUT2D eigenvalue weighted by molar-refractivity contribution is -0.135. The van der Waals surface area contributed by atoms with E-state index in [2.05, 4.69) is 10.6 Å². The third-order valence-corrected chi connectivity index (χ3v) is 4.50. The number of benzene rings is 2. The molecule has 2 N–H and O–H groups in total. The highest BCUT2D eigenvalue weighted by atomic mass is 16.2.